The highest BCUT2D eigenvalue weighted by Gasteiger charge is 2.23. The minimum atomic E-state index is 0.544. The van der Waals surface area contributed by atoms with Gasteiger partial charge in [0.25, 0.3) is 0 Å². The fraction of sp³-hybridized carbons (Fsp3) is 0.478. The van der Waals surface area contributed by atoms with Gasteiger partial charge in [-0.3, -0.25) is 4.90 Å². The van der Waals surface area contributed by atoms with Crippen molar-refractivity contribution < 1.29 is 0 Å². The summed E-state index contributed by atoms with van der Waals surface area (Å²) in [6.07, 6.45) is 1.22. The molecule has 1 fully saturated rings. The second kappa shape index (κ2) is 8.05. The summed E-state index contributed by atoms with van der Waals surface area (Å²) in [6, 6.07) is 18.3. The lowest BCUT2D eigenvalue weighted by atomic mass is 9.94. The summed E-state index contributed by atoms with van der Waals surface area (Å²) < 4.78 is 0. The molecule has 1 unspecified atom stereocenters. The quantitative estimate of drug-likeness (QED) is 0.736. The summed E-state index contributed by atoms with van der Waals surface area (Å²) in [5.74, 6) is 1.13. The standard InChI is InChI=1S/C23H32N2/c1-17(2)20-10-11-23(22(14-20)18(3)4)24-21-12-13-25(16-21)15-19-8-6-5-7-9-19/h5-11,14,17-18,21,24H,12-13,15-16H2,1-4H3. The van der Waals surface area contributed by atoms with Gasteiger partial charge in [0.2, 0.25) is 0 Å². The minimum absolute atomic E-state index is 0.544. The molecule has 1 aliphatic heterocycles. The van der Waals surface area contributed by atoms with Crippen LogP contribution in [0.1, 0.15) is 62.6 Å². The molecule has 2 aromatic carbocycles. The molecule has 1 aliphatic rings. The van der Waals surface area contributed by atoms with Crippen molar-refractivity contribution in [3.05, 3.63) is 65.2 Å². The lowest BCUT2D eigenvalue weighted by molar-refractivity contribution is 0.328. The van der Waals surface area contributed by atoms with E-state index in [-0.39, 0.29) is 0 Å². The summed E-state index contributed by atoms with van der Waals surface area (Å²) >= 11 is 0. The maximum Gasteiger partial charge on any atom is 0.0400 e. The molecule has 1 atom stereocenters. The molecule has 2 aromatic rings. The van der Waals surface area contributed by atoms with Crippen molar-refractivity contribution in [1.29, 1.82) is 0 Å². The highest BCUT2D eigenvalue weighted by Crippen LogP contribution is 2.30. The van der Waals surface area contributed by atoms with Crippen LogP contribution in [0.25, 0.3) is 0 Å². The predicted octanol–water partition coefficient (Wildman–Crippen LogP) is 5.62. The number of rotatable bonds is 6. The van der Waals surface area contributed by atoms with E-state index in [1.165, 1.54) is 35.3 Å². The average Bonchev–Trinajstić information content (AvgIpc) is 3.02. The summed E-state index contributed by atoms with van der Waals surface area (Å²) in [7, 11) is 0. The predicted molar refractivity (Wildman–Crippen MR) is 108 cm³/mol. The molecule has 1 heterocycles. The molecule has 2 nitrogen and oxygen atoms in total. The van der Waals surface area contributed by atoms with Crippen molar-refractivity contribution in [1.82, 2.24) is 4.90 Å². The van der Waals surface area contributed by atoms with E-state index in [2.05, 4.69) is 86.4 Å². The second-order valence-electron chi connectivity index (χ2n) is 8.01. The monoisotopic (exact) mass is 336 g/mol. The van der Waals surface area contributed by atoms with E-state index in [1.54, 1.807) is 0 Å². The smallest absolute Gasteiger partial charge is 0.0400 e. The van der Waals surface area contributed by atoms with E-state index in [1.807, 2.05) is 0 Å². The van der Waals surface area contributed by atoms with E-state index in [0.29, 0.717) is 17.9 Å². The van der Waals surface area contributed by atoms with Crippen molar-refractivity contribution >= 4 is 5.69 Å². The molecule has 25 heavy (non-hydrogen) atoms. The van der Waals surface area contributed by atoms with Gasteiger partial charge in [-0.05, 0) is 41.0 Å². The first-order chi connectivity index (χ1) is 12.0. The molecule has 0 radical (unpaired) electrons. The van der Waals surface area contributed by atoms with Crippen molar-refractivity contribution in [2.75, 3.05) is 18.4 Å². The Kier molecular flexibility index (Phi) is 5.80. The molecule has 1 N–H and O–H groups in total. The van der Waals surface area contributed by atoms with Crippen LogP contribution in [0.4, 0.5) is 5.69 Å². The second-order valence-corrected chi connectivity index (χ2v) is 8.01. The largest absolute Gasteiger partial charge is 0.381 e. The van der Waals surface area contributed by atoms with Gasteiger partial charge < -0.3 is 5.32 Å². The molecule has 0 aliphatic carbocycles. The fourth-order valence-corrected chi connectivity index (χ4v) is 3.71. The maximum absolute atomic E-state index is 3.83. The Morgan fingerprint density at radius 3 is 2.44 bits per heavy atom. The SMILES string of the molecule is CC(C)c1ccc(NC2CCN(Cc3ccccc3)C2)c(C(C)C)c1. The number of anilines is 1. The Hall–Kier alpha value is -1.80. The summed E-state index contributed by atoms with van der Waals surface area (Å²) in [5, 5.41) is 3.83. The molecule has 0 aromatic heterocycles. The molecule has 134 valence electrons. The molecule has 1 saturated heterocycles. The van der Waals surface area contributed by atoms with Crippen LogP contribution in [0.15, 0.2) is 48.5 Å². The number of likely N-dealkylation sites (tertiary alicyclic amines) is 1. The molecule has 0 saturated carbocycles. The lowest BCUT2D eigenvalue weighted by Crippen LogP contribution is -2.26. The summed E-state index contributed by atoms with van der Waals surface area (Å²) in [4.78, 5) is 2.56. The van der Waals surface area contributed by atoms with Crippen molar-refractivity contribution in [3.8, 4) is 0 Å². The first-order valence-electron chi connectivity index (χ1n) is 9.69. The van der Waals surface area contributed by atoms with Crippen LogP contribution in [-0.4, -0.2) is 24.0 Å². The lowest BCUT2D eigenvalue weighted by Gasteiger charge is -2.22. The summed E-state index contributed by atoms with van der Waals surface area (Å²) in [5.41, 5.74) is 5.62. The number of hydrogen-bond acceptors (Lipinski definition) is 2. The Labute approximate surface area is 153 Å². The fourth-order valence-electron chi connectivity index (χ4n) is 3.71. The maximum atomic E-state index is 3.83. The molecule has 0 bridgehead atoms. The molecule has 0 spiro atoms. The normalized spacial score (nSPS) is 18.2. The van der Waals surface area contributed by atoms with Crippen molar-refractivity contribution in [3.63, 3.8) is 0 Å². The Morgan fingerprint density at radius 1 is 1.00 bits per heavy atom. The zero-order chi connectivity index (χ0) is 17.8. The van der Waals surface area contributed by atoms with Crippen LogP contribution in [0.3, 0.4) is 0 Å². The Morgan fingerprint density at radius 2 is 1.76 bits per heavy atom. The van der Waals surface area contributed by atoms with Crippen molar-refractivity contribution in [2.45, 2.75) is 58.5 Å². The third kappa shape index (κ3) is 4.64. The third-order valence-electron chi connectivity index (χ3n) is 5.25. The van der Waals surface area contributed by atoms with Crippen molar-refractivity contribution in [2.24, 2.45) is 0 Å². The zero-order valence-electron chi connectivity index (χ0n) is 16.1. The third-order valence-corrected chi connectivity index (χ3v) is 5.25. The Bertz CT molecular complexity index is 676. The summed E-state index contributed by atoms with van der Waals surface area (Å²) in [6.45, 7) is 12.5. The molecular formula is C23H32N2. The zero-order valence-corrected chi connectivity index (χ0v) is 16.1. The van der Waals surface area contributed by atoms with E-state index in [4.69, 9.17) is 0 Å². The Balaban J connectivity index is 1.65. The minimum Gasteiger partial charge on any atom is -0.381 e. The molecule has 3 rings (SSSR count). The number of nitrogens with zero attached hydrogens (tertiary/aromatic N) is 1. The van der Waals surface area contributed by atoms with Gasteiger partial charge in [-0.2, -0.15) is 0 Å². The van der Waals surface area contributed by atoms with Gasteiger partial charge in [-0.15, -0.1) is 0 Å². The van der Waals surface area contributed by atoms with Crippen LogP contribution >= 0.6 is 0 Å². The molecule has 2 heteroatoms. The van der Waals surface area contributed by atoms with E-state index in [0.717, 1.165) is 13.1 Å². The van der Waals surface area contributed by atoms with Gasteiger partial charge in [-0.1, -0.05) is 70.2 Å². The molecule has 0 amide bonds. The van der Waals surface area contributed by atoms with Crippen LogP contribution in [0, 0.1) is 0 Å². The van der Waals surface area contributed by atoms with Crippen LogP contribution in [-0.2, 0) is 6.54 Å². The van der Waals surface area contributed by atoms with Gasteiger partial charge in [0.1, 0.15) is 0 Å². The van der Waals surface area contributed by atoms with Gasteiger partial charge in [-0.25, -0.2) is 0 Å². The first kappa shape index (κ1) is 18.0. The van der Waals surface area contributed by atoms with Gasteiger partial charge in [0.15, 0.2) is 0 Å². The van der Waals surface area contributed by atoms with Crippen LogP contribution in [0.2, 0.25) is 0 Å². The number of benzene rings is 2. The van der Waals surface area contributed by atoms with Crippen LogP contribution in [0.5, 0.6) is 0 Å². The topological polar surface area (TPSA) is 15.3 Å². The first-order valence-corrected chi connectivity index (χ1v) is 9.69. The van der Waals surface area contributed by atoms with E-state index >= 15 is 0 Å². The van der Waals surface area contributed by atoms with Gasteiger partial charge in [0, 0.05) is 31.4 Å². The molecular weight excluding hydrogens is 304 g/mol. The van der Waals surface area contributed by atoms with Gasteiger partial charge >= 0.3 is 0 Å². The van der Waals surface area contributed by atoms with E-state index < -0.39 is 0 Å². The van der Waals surface area contributed by atoms with E-state index in [9.17, 15) is 0 Å². The number of nitrogens with one attached hydrogen (secondary N) is 1. The highest BCUT2D eigenvalue weighted by atomic mass is 15.2. The number of hydrogen-bond donors (Lipinski definition) is 1. The van der Waals surface area contributed by atoms with Gasteiger partial charge in [0.05, 0.1) is 0 Å². The highest BCUT2D eigenvalue weighted by molar-refractivity contribution is 5.55. The average molecular weight is 337 g/mol. The van der Waals surface area contributed by atoms with Crippen LogP contribution < -0.4 is 5.32 Å².